The number of aromatic nitrogens is 3. The predicted molar refractivity (Wildman–Crippen MR) is 34.2 cm³/mol. The fraction of sp³-hybridized carbons (Fsp3) is 0.400. The molecule has 0 saturated carbocycles. The lowest BCUT2D eigenvalue weighted by Gasteiger charge is -2.06. The molecule has 0 aliphatic carbocycles. The fourth-order valence-electron chi connectivity index (χ4n) is 0.464. The molecule has 0 amide bonds. The van der Waals surface area contributed by atoms with Crippen molar-refractivity contribution in [2.45, 2.75) is 0 Å². The van der Waals surface area contributed by atoms with Gasteiger partial charge in [-0.15, -0.1) is 0 Å². The van der Waals surface area contributed by atoms with Crippen LogP contribution in [0.3, 0.4) is 0 Å². The smallest absolute Gasteiger partial charge is 0.227 e. The Kier molecular flexibility index (Phi) is 1.58. The summed E-state index contributed by atoms with van der Waals surface area (Å²) in [6, 6.07) is 0. The van der Waals surface area contributed by atoms with Gasteiger partial charge in [0.15, 0.2) is 0 Å². The van der Waals surface area contributed by atoms with E-state index in [9.17, 15) is 0 Å². The van der Waals surface area contributed by atoms with Gasteiger partial charge in [-0.05, 0) is 0 Å². The lowest BCUT2D eigenvalue weighted by Crippen LogP contribution is -2.12. The number of rotatable bonds is 1. The Labute approximate surface area is 53.6 Å². The molecule has 1 rings (SSSR count). The Balaban J connectivity index is 2.85. The fourth-order valence-corrected chi connectivity index (χ4v) is 0.464. The third kappa shape index (κ3) is 1.35. The van der Waals surface area contributed by atoms with E-state index in [4.69, 9.17) is 0 Å². The highest BCUT2D eigenvalue weighted by Gasteiger charge is 1.92. The Morgan fingerprint density at radius 3 is 2.11 bits per heavy atom. The van der Waals surface area contributed by atoms with Gasteiger partial charge in [-0.2, -0.15) is 0 Å². The van der Waals surface area contributed by atoms with Gasteiger partial charge in [0.2, 0.25) is 5.95 Å². The second kappa shape index (κ2) is 2.39. The highest BCUT2D eigenvalue weighted by Crippen LogP contribution is 1.94. The van der Waals surface area contributed by atoms with Crippen molar-refractivity contribution in [2.24, 2.45) is 0 Å². The maximum atomic E-state index is 3.88. The van der Waals surface area contributed by atoms with Gasteiger partial charge in [0, 0.05) is 14.1 Å². The molecule has 0 spiro atoms. The minimum Gasteiger partial charge on any atom is -0.347 e. The molecule has 1 aromatic heterocycles. The zero-order chi connectivity index (χ0) is 6.69. The molecule has 0 atom stereocenters. The van der Waals surface area contributed by atoms with Crippen LogP contribution >= 0.6 is 0 Å². The molecule has 9 heavy (non-hydrogen) atoms. The molecule has 0 aromatic carbocycles. The second-order valence-electron chi connectivity index (χ2n) is 1.83. The zero-order valence-corrected chi connectivity index (χ0v) is 5.44. The lowest BCUT2D eigenvalue weighted by molar-refractivity contribution is 0.955. The highest BCUT2D eigenvalue weighted by atomic mass is 15.2. The molecular formula is C5H8N4. The molecule has 4 heteroatoms. The molecule has 0 aliphatic rings. The van der Waals surface area contributed by atoms with Crippen molar-refractivity contribution >= 4 is 5.95 Å². The summed E-state index contributed by atoms with van der Waals surface area (Å²) in [5.74, 6) is 0.685. The van der Waals surface area contributed by atoms with Crippen molar-refractivity contribution in [2.75, 3.05) is 19.0 Å². The summed E-state index contributed by atoms with van der Waals surface area (Å²) >= 11 is 0. The SMILES string of the molecule is CN(C)c1ncncn1. The van der Waals surface area contributed by atoms with Crippen LogP contribution in [0.5, 0.6) is 0 Å². The van der Waals surface area contributed by atoms with Gasteiger partial charge >= 0.3 is 0 Å². The molecule has 0 saturated heterocycles. The van der Waals surface area contributed by atoms with Crippen LogP contribution < -0.4 is 4.90 Å². The molecular weight excluding hydrogens is 116 g/mol. The Bertz CT molecular complexity index is 172. The molecule has 0 unspecified atom stereocenters. The highest BCUT2D eigenvalue weighted by molar-refractivity contribution is 5.22. The normalized spacial score (nSPS) is 9.11. The van der Waals surface area contributed by atoms with Crippen LogP contribution in [-0.2, 0) is 0 Å². The van der Waals surface area contributed by atoms with E-state index in [2.05, 4.69) is 15.0 Å². The first-order valence-corrected chi connectivity index (χ1v) is 2.60. The summed E-state index contributed by atoms with van der Waals surface area (Å²) < 4.78 is 0. The number of anilines is 1. The van der Waals surface area contributed by atoms with Gasteiger partial charge in [-0.25, -0.2) is 15.0 Å². The van der Waals surface area contributed by atoms with E-state index in [1.54, 1.807) is 0 Å². The first kappa shape index (κ1) is 5.94. The topological polar surface area (TPSA) is 41.9 Å². The molecule has 1 heterocycles. The monoisotopic (exact) mass is 124 g/mol. The summed E-state index contributed by atoms with van der Waals surface area (Å²) in [6.45, 7) is 0. The van der Waals surface area contributed by atoms with Gasteiger partial charge in [-0.1, -0.05) is 0 Å². The van der Waals surface area contributed by atoms with Crippen molar-refractivity contribution in [3.63, 3.8) is 0 Å². The van der Waals surface area contributed by atoms with E-state index in [0.29, 0.717) is 5.95 Å². The molecule has 0 fully saturated rings. The van der Waals surface area contributed by atoms with Gasteiger partial charge in [0.1, 0.15) is 12.7 Å². The first-order valence-electron chi connectivity index (χ1n) is 2.60. The third-order valence-corrected chi connectivity index (χ3v) is 0.880. The van der Waals surface area contributed by atoms with Crippen LogP contribution in [0, 0.1) is 0 Å². The van der Waals surface area contributed by atoms with E-state index >= 15 is 0 Å². The van der Waals surface area contributed by atoms with Crippen molar-refractivity contribution in [1.29, 1.82) is 0 Å². The summed E-state index contributed by atoms with van der Waals surface area (Å²) in [7, 11) is 3.77. The maximum absolute atomic E-state index is 3.88. The second-order valence-corrected chi connectivity index (χ2v) is 1.83. The lowest BCUT2D eigenvalue weighted by atomic mass is 10.8. The van der Waals surface area contributed by atoms with Crippen molar-refractivity contribution in [1.82, 2.24) is 15.0 Å². The quantitative estimate of drug-likeness (QED) is 0.526. The Hall–Kier alpha value is -1.19. The number of hydrogen-bond donors (Lipinski definition) is 0. The van der Waals surface area contributed by atoms with Gasteiger partial charge in [-0.3, -0.25) is 0 Å². The minimum atomic E-state index is 0.685. The van der Waals surface area contributed by atoms with E-state index in [-0.39, 0.29) is 0 Å². The molecule has 1 aromatic rings. The summed E-state index contributed by atoms with van der Waals surface area (Å²) in [5, 5.41) is 0. The average molecular weight is 124 g/mol. The Morgan fingerprint density at radius 1 is 1.22 bits per heavy atom. The van der Waals surface area contributed by atoms with E-state index in [1.807, 2.05) is 19.0 Å². The zero-order valence-electron chi connectivity index (χ0n) is 5.44. The van der Waals surface area contributed by atoms with Crippen molar-refractivity contribution in [3.05, 3.63) is 12.7 Å². The molecule has 0 aliphatic heterocycles. The average Bonchev–Trinajstić information content (AvgIpc) is 1.90. The summed E-state index contributed by atoms with van der Waals surface area (Å²) in [5.41, 5.74) is 0. The van der Waals surface area contributed by atoms with E-state index in [0.717, 1.165) is 0 Å². The predicted octanol–water partition coefficient (Wildman–Crippen LogP) is -0.0624. The van der Waals surface area contributed by atoms with E-state index in [1.165, 1.54) is 12.7 Å². The van der Waals surface area contributed by atoms with Crippen molar-refractivity contribution < 1.29 is 0 Å². The standard InChI is InChI=1S/C5H8N4/c1-9(2)5-7-3-6-4-8-5/h3-4H,1-2H3. The Morgan fingerprint density at radius 2 is 1.78 bits per heavy atom. The molecule has 48 valence electrons. The van der Waals surface area contributed by atoms with E-state index < -0.39 is 0 Å². The molecule has 0 bridgehead atoms. The largest absolute Gasteiger partial charge is 0.347 e. The third-order valence-electron chi connectivity index (χ3n) is 0.880. The molecule has 4 nitrogen and oxygen atoms in total. The number of nitrogens with zero attached hydrogens (tertiary/aromatic N) is 4. The molecule has 0 N–H and O–H groups in total. The van der Waals surface area contributed by atoms with Crippen LogP contribution in [0.4, 0.5) is 5.95 Å². The van der Waals surface area contributed by atoms with Crippen molar-refractivity contribution in [3.8, 4) is 0 Å². The first-order chi connectivity index (χ1) is 4.30. The summed E-state index contributed by atoms with van der Waals surface area (Å²) in [4.78, 5) is 13.3. The van der Waals surface area contributed by atoms with Crippen LogP contribution in [0.1, 0.15) is 0 Å². The van der Waals surface area contributed by atoms with Gasteiger partial charge in [0.05, 0.1) is 0 Å². The van der Waals surface area contributed by atoms with Crippen LogP contribution in [0.25, 0.3) is 0 Å². The summed E-state index contributed by atoms with van der Waals surface area (Å²) in [6.07, 6.45) is 2.95. The number of hydrogen-bond acceptors (Lipinski definition) is 4. The van der Waals surface area contributed by atoms with Crippen LogP contribution in [-0.4, -0.2) is 29.0 Å². The molecule has 0 radical (unpaired) electrons. The van der Waals surface area contributed by atoms with Gasteiger partial charge in [0.25, 0.3) is 0 Å². The maximum Gasteiger partial charge on any atom is 0.227 e. The van der Waals surface area contributed by atoms with Crippen LogP contribution in [0.2, 0.25) is 0 Å². The van der Waals surface area contributed by atoms with Crippen LogP contribution in [0.15, 0.2) is 12.7 Å². The minimum absolute atomic E-state index is 0.685. The van der Waals surface area contributed by atoms with Gasteiger partial charge < -0.3 is 4.90 Å².